The molecule has 3 nitrogen and oxygen atoms in total. The van der Waals surface area contributed by atoms with E-state index in [1.807, 2.05) is 0 Å². The third-order valence-electron chi connectivity index (χ3n) is 1.85. The fourth-order valence-corrected chi connectivity index (χ4v) is 1.11. The van der Waals surface area contributed by atoms with Crippen molar-refractivity contribution in [2.45, 2.75) is 31.2 Å². The van der Waals surface area contributed by atoms with Crippen molar-refractivity contribution in [3.05, 3.63) is 0 Å². The first-order valence-corrected chi connectivity index (χ1v) is 3.13. The first kappa shape index (κ1) is 9.72. The van der Waals surface area contributed by atoms with Gasteiger partial charge in [-0.05, 0) is 19.3 Å². The fraction of sp³-hybridized carbons (Fsp3) is 0.833. The van der Waals surface area contributed by atoms with Crippen LogP contribution in [-0.2, 0) is 4.79 Å². The number of rotatable bonds is 2. The molecule has 0 atom stereocenters. The minimum absolute atomic E-state index is 0. The molecule has 0 heterocycles. The third-order valence-corrected chi connectivity index (χ3v) is 1.85. The van der Waals surface area contributed by atoms with Crippen LogP contribution in [0.4, 0.5) is 0 Å². The van der Waals surface area contributed by atoms with Gasteiger partial charge in [0, 0.05) is 5.54 Å². The maximum atomic E-state index is 10.1. The van der Waals surface area contributed by atoms with Crippen LogP contribution >= 0.6 is 12.4 Å². The summed E-state index contributed by atoms with van der Waals surface area (Å²) in [6, 6.07) is 0. The Morgan fingerprint density at radius 1 is 1.60 bits per heavy atom. The van der Waals surface area contributed by atoms with E-state index in [4.69, 9.17) is 10.8 Å². The van der Waals surface area contributed by atoms with Crippen LogP contribution in [-0.4, -0.2) is 16.6 Å². The average molecular weight is 166 g/mol. The molecule has 0 aromatic heterocycles. The monoisotopic (exact) mass is 165 g/mol. The van der Waals surface area contributed by atoms with Gasteiger partial charge in [0.1, 0.15) is 0 Å². The zero-order valence-corrected chi connectivity index (χ0v) is 6.49. The minimum Gasteiger partial charge on any atom is -0.481 e. The first-order chi connectivity index (χ1) is 4.12. The molecule has 3 N–H and O–H groups in total. The Morgan fingerprint density at radius 2 is 2.10 bits per heavy atom. The van der Waals surface area contributed by atoms with Gasteiger partial charge in [0.2, 0.25) is 0 Å². The van der Waals surface area contributed by atoms with Crippen LogP contribution in [0.15, 0.2) is 0 Å². The summed E-state index contributed by atoms with van der Waals surface area (Å²) in [6.07, 6.45) is 2.97. The second-order valence-corrected chi connectivity index (χ2v) is 2.79. The molecule has 1 saturated carbocycles. The van der Waals surface area contributed by atoms with Crippen LogP contribution < -0.4 is 5.73 Å². The lowest BCUT2D eigenvalue weighted by Gasteiger charge is -2.36. The zero-order valence-electron chi connectivity index (χ0n) is 5.67. The standard InChI is InChI=1S/C6H11NO2.ClH/c7-6(2-1-3-6)4-5(8)9;/h1-4,7H2,(H,8,9);1H. The van der Waals surface area contributed by atoms with Crippen molar-refractivity contribution in [2.75, 3.05) is 0 Å². The molecule has 0 radical (unpaired) electrons. The molecule has 1 aliphatic carbocycles. The third kappa shape index (κ3) is 2.15. The summed E-state index contributed by atoms with van der Waals surface area (Å²) in [4.78, 5) is 10.1. The van der Waals surface area contributed by atoms with Gasteiger partial charge in [0.15, 0.2) is 0 Å². The highest BCUT2D eigenvalue weighted by molar-refractivity contribution is 5.85. The molecule has 1 fully saturated rings. The highest BCUT2D eigenvalue weighted by Crippen LogP contribution is 2.31. The lowest BCUT2D eigenvalue weighted by Crippen LogP contribution is -2.48. The van der Waals surface area contributed by atoms with Gasteiger partial charge in [0.05, 0.1) is 6.42 Å². The average Bonchev–Trinajstić information content (AvgIpc) is 1.60. The number of halogens is 1. The Morgan fingerprint density at radius 3 is 2.20 bits per heavy atom. The van der Waals surface area contributed by atoms with Gasteiger partial charge in [0.25, 0.3) is 0 Å². The number of carbonyl (C=O) groups is 1. The van der Waals surface area contributed by atoms with E-state index in [0.29, 0.717) is 0 Å². The second-order valence-electron chi connectivity index (χ2n) is 2.79. The Hall–Kier alpha value is -0.280. The van der Waals surface area contributed by atoms with Crippen molar-refractivity contribution in [1.29, 1.82) is 0 Å². The molecule has 0 saturated heterocycles. The topological polar surface area (TPSA) is 63.3 Å². The van der Waals surface area contributed by atoms with Gasteiger partial charge in [-0.25, -0.2) is 0 Å². The van der Waals surface area contributed by atoms with Gasteiger partial charge in [-0.3, -0.25) is 4.79 Å². The summed E-state index contributed by atoms with van der Waals surface area (Å²) in [5, 5.41) is 8.33. The Labute approximate surface area is 66.0 Å². The van der Waals surface area contributed by atoms with Crippen molar-refractivity contribution in [3.63, 3.8) is 0 Å². The number of hydrogen-bond donors (Lipinski definition) is 2. The van der Waals surface area contributed by atoms with E-state index in [0.717, 1.165) is 19.3 Å². The predicted octanol–water partition coefficient (Wildman–Crippen LogP) is 0.764. The van der Waals surface area contributed by atoms with Crippen molar-refractivity contribution >= 4 is 18.4 Å². The van der Waals surface area contributed by atoms with E-state index in [1.165, 1.54) is 0 Å². The van der Waals surface area contributed by atoms with Crippen LogP contribution in [0.1, 0.15) is 25.7 Å². The maximum absolute atomic E-state index is 10.1. The fourth-order valence-electron chi connectivity index (χ4n) is 1.11. The van der Waals surface area contributed by atoms with Crippen LogP contribution in [0.25, 0.3) is 0 Å². The molecule has 4 heteroatoms. The lowest BCUT2D eigenvalue weighted by atomic mass is 9.75. The lowest BCUT2D eigenvalue weighted by molar-refractivity contribution is -0.139. The van der Waals surface area contributed by atoms with Crippen molar-refractivity contribution in [2.24, 2.45) is 5.73 Å². The quantitative estimate of drug-likeness (QED) is 0.635. The highest BCUT2D eigenvalue weighted by Gasteiger charge is 2.34. The van der Waals surface area contributed by atoms with Crippen molar-refractivity contribution in [1.82, 2.24) is 0 Å². The number of aliphatic carboxylic acids is 1. The molecule has 0 spiro atoms. The molecule has 1 rings (SSSR count). The molecular formula is C6H12ClNO2. The molecule has 1 aliphatic rings. The molecule has 0 amide bonds. The zero-order chi connectivity index (χ0) is 6.91. The van der Waals surface area contributed by atoms with E-state index in [2.05, 4.69) is 0 Å². The molecule has 0 aromatic rings. The normalized spacial score (nSPS) is 20.5. The summed E-state index contributed by atoms with van der Waals surface area (Å²) in [5.74, 6) is -0.780. The highest BCUT2D eigenvalue weighted by atomic mass is 35.5. The molecule has 0 aromatic carbocycles. The van der Waals surface area contributed by atoms with Crippen LogP contribution in [0.2, 0.25) is 0 Å². The maximum Gasteiger partial charge on any atom is 0.305 e. The van der Waals surface area contributed by atoms with E-state index in [-0.39, 0.29) is 24.4 Å². The van der Waals surface area contributed by atoms with Gasteiger partial charge in [-0.15, -0.1) is 12.4 Å². The van der Waals surface area contributed by atoms with Crippen molar-refractivity contribution in [3.8, 4) is 0 Å². The predicted molar refractivity (Wildman–Crippen MR) is 40.3 cm³/mol. The molecule has 0 bridgehead atoms. The van der Waals surface area contributed by atoms with E-state index in [9.17, 15) is 4.79 Å². The summed E-state index contributed by atoms with van der Waals surface area (Å²) < 4.78 is 0. The van der Waals surface area contributed by atoms with Crippen LogP contribution in [0.5, 0.6) is 0 Å². The Balaban J connectivity index is 0.000000810. The Bertz CT molecular complexity index is 134. The van der Waals surface area contributed by atoms with Gasteiger partial charge in [-0.2, -0.15) is 0 Å². The van der Waals surface area contributed by atoms with E-state index < -0.39 is 5.97 Å². The molecule has 0 unspecified atom stereocenters. The van der Waals surface area contributed by atoms with E-state index in [1.54, 1.807) is 0 Å². The number of carboxylic acids is 1. The van der Waals surface area contributed by atoms with Gasteiger partial charge < -0.3 is 10.8 Å². The van der Waals surface area contributed by atoms with Crippen LogP contribution in [0, 0.1) is 0 Å². The SMILES string of the molecule is Cl.NC1(CC(=O)O)CCC1. The summed E-state index contributed by atoms with van der Waals surface area (Å²) >= 11 is 0. The first-order valence-electron chi connectivity index (χ1n) is 3.13. The Kier molecular flexibility index (Phi) is 3.12. The minimum atomic E-state index is -0.780. The number of hydrogen-bond acceptors (Lipinski definition) is 2. The molecule has 10 heavy (non-hydrogen) atoms. The van der Waals surface area contributed by atoms with Gasteiger partial charge >= 0.3 is 5.97 Å². The van der Waals surface area contributed by atoms with E-state index >= 15 is 0 Å². The van der Waals surface area contributed by atoms with Gasteiger partial charge in [-0.1, -0.05) is 0 Å². The number of carboxylic acid groups (broad SMARTS) is 1. The summed E-state index contributed by atoms with van der Waals surface area (Å²) in [7, 11) is 0. The molecule has 0 aliphatic heterocycles. The smallest absolute Gasteiger partial charge is 0.305 e. The second kappa shape index (κ2) is 3.21. The summed E-state index contributed by atoms with van der Waals surface area (Å²) in [5.41, 5.74) is 5.27. The molecule has 60 valence electrons. The van der Waals surface area contributed by atoms with Crippen molar-refractivity contribution < 1.29 is 9.90 Å². The largest absolute Gasteiger partial charge is 0.481 e. The molecular weight excluding hydrogens is 154 g/mol. The number of nitrogens with two attached hydrogens (primary N) is 1. The van der Waals surface area contributed by atoms with Crippen LogP contribution in [0.3, 0.4) is 0 Å². The summed E-state index contributed by atoms with van der Waals surface area (Å²) in [6.45, 7) is 0.